The predicted octanol–water partition coefficient (Wildman–Crippen LogP) is 4.25. The Morgan fingerprint density at radius 1 is 1.12 bits per heavy atom. The minimum Gasteiger partial charge on any atom is -0.385 e. The van der Waals surface area contributed by atoms with Gasteiger partial charge in [-0.3, -0.25) is 4.79 Å². The van der Waals surface area contributed by atoms with Crippen molar-refractivity contribution >= 4 is 28.2 Å². The highest BCUT2D eigenvalue weighted by Gasteiger charge is 2.26. The number of para-hydroxylation sites is 1. The fourth-order valence-corrected chi connectivity index (χ4v) is 4.11. The molecule has 0 radical (unpaired) electrons. The lowest BCUT2D eigenvalue weighted by Gasteiger charge is -2.30. The summed E-state index contributed by atoms with van der Waals surface area (Å²) >= 11 is 6.15. The van der Waals surface area contributed by atoms with Crippen molar-refractivity contribution in [2.75, 3.05) is 12.4 Å². The summed E-state index contributed by atoms with van der Waals surface area (Å²) in [5.74, 6) is 0. The monoisotopic (exact) mass is 356 g/mol. The van der Waals surface area contributed by atoms with E-state index >= 15 is 0 Å². The molecule has 1 aromatic carbocycles. The molecular formula is C19H21ClN4O. The Labute approximate surface area is 151 Å². The first kappa shape index (κ1) is 16.2. The van der Waals surface area contributed by atoms with Gasteiger partial charge in [-0.2, -0.15) is 5.10 Å². The van der Waals surface area contributed by atoms with E-state index in [4.69, 9.17) is 11.6 Å². The first-order valence-electron chi connectivity index (χ1n) is 8.69. The molecule has 130 valence electrons. The summed E-state index contributed by atoms with van der Waals surface area (Å²) in [7, 11) is 1.74. The third kappa shape index (κ3) is 2.82. The van der Waals surface area contributed by atoms with Crippen LogP contribution in [0.25, 0.3) is 10.9 Å². The molecule has 0 bridgehead atoms. The molecule has 2 aromatic heterocycles. The highest BCUT2D eigenvalue weighted by Crippen LogP contribution is 2.36. The lowest BCUT2D eigenvalue weighted by Crippen LogP contribution is -2.31. The topological polar surface area (TPSA) is 51.9 Å². The van der Waals surface area contributed by atoms with Gasteiger partial charge in [0.05, 0.1) is 17.9 Å². The molecule has 0 atom stereocenters. The van der Waals surface area contributed by atoms with Gasteiger partial charge in [-0.05, 0) is 43.2 Å². The standard InChI is InChI=1S/C19H21ClN4O/c1-21-16-12-22-24(19(25)18(16)20)15-8-6-14(7-9-15)23-11-10-13-4-2-3-5-17(13)23/h2-5,10-12,14-15,21H,6-9H2,1H3/t14-,15-. The van der Waals surface area contributed by atoms with E-state index in [1.54, 1.807) is 17.9 Å². The Morgan fingerprint density at radius 2 is 1.84 bits per heavy atom. The van der Waals surface area contributed by atoms with Crippen LogP contribution in [-0.2, 0) is 0 Å². The molecule has 1 fully saturated rings. The van der Waals surface area contributed by atoms with E-state index in [0.29, 0.717) is 11.7 Å². The van der Waals surface area contributed by atoms with Crippen LogP contribution in [0.15, 0.2) is 47.5 Å². The van der Waals surface area contributed by atoms with Gasteiger partial charge < -0.3 is 9.88 Å². The van der Waals surface area contributed by atoms with Crippen LogP contribution in [0.5, 0.6) is 0 Å². The van der Waals surface area contributed by atoms with Gasteiger partial charge in [-0.15, -0.1) is 0 Å². The van der Waals surface area contributed by atoms with E-state index in [0.717, 1.165) is 25.7 Å². The van der Waals surface area contributed by atoms with Gasteiger partial charge in [0.25, 0.3) is 5.56 Å². The summed E-state index contributed by atoms with van der Waals surface area (Å²) < 4.78 is 3.94. The smallest absolute Gasteiger partial charge is 0.287 e. The second kappa shape index (κ2) is 6.56. The number of nitrogens with one attached hydrogen (secondary N) is 1. The van der Waals surface area contributed by atoms with E-state index in [9.17, 15) is 4.79 Å². The van der Waals surface area contributed by atoms with Crippen LogP contribution in [0, 0.1) is 0 Å². The average Bonchev–Trinajstić information content (AvgIpc) is 3.08. The lowest BCUT2D eigenvalue weighted by atomic mass is 9.91. The van der Waals surface area contributed by atoms with Crippen molar-refractivity contribution in [1.82, 2.24) is 14.3 Å². The Bertz CT molecular complexity index is 953. The third-order valence-electron chi connectivity index (χ3n) is 5.25. The Balaban J connectivity index is 1.54. The van der Waals surface area contributed by atoms with Crippen LogP contribution in [0.2, 0.25) is 5.02 Å². The van der Waals surface area contributed by atoms with Crippen LogP contribution in [0.4, 0.5) is 5.69 Å². The van der Waals surface area contributed by atoms with E-state index in [-0.39, 0.29) is 16.6 Å². The van der Waals surface area contributed by atoms with Crippen molar-refractivity contribution in [3.05, 3.63) is 58.1 Å². The molecule has 0 saturated heterocycles. The zero-order valence-electron chi connectivity index (χ0n) is 14.2. The fourth-order valence-electron chi connectivity index (χ4n) is 3.88. The molecule has 1 saturated carbocycles. The normalized spacial score (nSPS) is 20.7. The number of aromatic nitrogens is 3. The van der Waals surface area contributed by atoms with Crippen molar-refractivity contribution in [3.8, 4) is 0 Å². The molecule has 4 rings (SSSR count). The SMILES string of the molecule is CNc1cnn([C@H]2CC[C@H](n3ccc4ccccc43)CC2)c(=O)c1Cl. The Morgan fingerprint density at radius 3 is 2.60 bits per heavy atom. The highest BCUT2D eigenvalue weighted by molar-refractivity contribution is 6.32. The molecule has 2 heterocycles. The third-order valence-corrected chi connectivity index (χ3v) is 5.61. The van der Waals surface area contributed by atoms with Crippen LogP contribution < -0.4 is 10.9 Å². The summed E-state index contributed by atoms with van der Waals surface area (Å²) in [6.07, 6.45) is 7.73. The molecular weight excluding hydrogens is 336 g/mol. The maximum atomic E-state index is 12.5. The first-order chi connectivity index (χ1) is 12.2. The second-order valence-corrected chi connectivity index (χ2v) is 6.99. The largest absolute Gasteiger partial charge is 0.385 e. The number of fused-ring (bicyclic) bond motifs is 1. The van der Waals surface area contributed by atoms with Gasteiger partial charge in [-0.1, -0.05) is 29.8 Å². The van der Waals surface area contributed by atoms with Crippen molar-refractivity contribution in [2.45, 2.75) is 37.8 Å². The Hall–Kier alpha value is -2.27. The van der Waals surface area contributed by atoms with E-state index in [2.05, 4.69) is 51.5 Å². The number of nitrogens with zero attached hydrogens (tertiary/aromatic N) is 3. The maximum absolute atomic E-state index is 12.5. The number of anilines is 1. The van der Waals surface area contributed by atoms with Gasteiger partial charge >= 0.3 is 0 Å². The highest BCUT2D eigenvalue weighted by atomic mass is 35.5. The van der Waals surface area contributed by atoms with Crippen molar-refractivity contribution in [3.63, 3.8) is 0 Å². The number of hydrogen-bond acceptors (Lipinski definition) is 3. The van der Waals surface area contributed by atoms with Crippen molar-refractivity contribution < 1.29 is 0 Å². The summed E-state index contributed by atoms with van der Waals surface area (Å²) in [6.45, 7) is 0. The maximum Gasteiger partial charge on any atom is 0.287 e. The molecule has 0 aliphatic heterocycles. The predicted molar refractivity (Wildman–Crippen MR) is 102 cm³/mol. The molecule has 1 aliphatic rings. The minimum atomic E-state index is -0.205. The van der Waals surface area contributed by atoms with Crippen molar-refractivity contribution in [1.29, 1.82) is 0 Å². The Kier molecular flexibility index (Phi) is 4.25. The molecule has 1 N–H and O–H groups in total. The fraction of sp³-hybridized carbons (Fsp3) is 0.368. The van der Waals surface area contributed by atoms with E-state index in [1.165, 1.54) is 10.9 Å². The van der Waals surface area contributed by atoms with Crippen LogP contribution in [0.1, 0.15) is 37.8 Å². The number of hydrogen-bond donors (Lipinski definition) is 1. The zero-order chi connectivity index (χ0) is 17.4. The molecule has 6 heteroatoms. The van der Waals surface area contributed by atoms with Gasteiger partial charge in [0.15, 0.2) is 0 Å². The first-order valence-corrected chi connectivity index (χ1v) is 9.07. The minimum absolute atomic E-state index is 0.119. The van der Waals surface area contributed by atoms with E-state index < -0.39 is 0 Å². The molecule has 25 heavy (non-hydrogen) atoms. The van der Waals surface area contributed by atoms with Gasteiger partial charge in [-0.25, -0.2) is 4.68 Å². The van der Waals surface area contributed by atoms with Crippen LogP contribution in [-0.4, -0.2) is 21.4 Å². The van der Waals surface area contributed by atoms with Crippen LogP contribution in [0.3, 0.4) is 0 Å². The molecule has 1 aliphatic carbocycles. The summed E-state index contributed by atoms with van der Waals surface area (Å²) in [5, 5.41) is 8.71. The molecule has 0 spiro atoms. The second-order valence-electron chi connectivity index (χ2n) is 6.62. The van der Waals surface area contributed by atoms with Gasteiger partial charge in [0.1, 0.15) is 5.02 Å². The van der Waals surface area contributed by atoms with Crippen LogP contribution >= 0.6 is 11.6 Å². The number of benzene rings is 1. The summed E-state index contributed by atoms with van der Waals surface area (Å²) in [4.78, 5) is 12.5. The molecule has 3 aromatic rings. The zero-order valence-corrected chi connectivity index (χ0v) is 14.9. The van der Waals surface area contributed by atoms with Crippen molar-refractivity contribution in [2.24, 2.45) is 0 Å². The van der Waals surface area contributed by atoms with Gasteiger partial charge in [0.2, 0.25) is 0 Å². The molecule has 5 nitrogen and oxygen atoms in total. The quantitative estimate of drug-likeness (QED) is 0.763. The average molecular weight is 357 g/mol. The number of halogens is 1. The summed E-state index contributed by atoms with van der Waals surface area (Å²) in [5.41, 5.74) is 1.65. The number of rotatable bonds is 3. The molecule has 0 amide bonds. The summed E-state index contributed by atoms with van der Waals surface area (Å²) in [6, 6.07) is 11.2. The lowest BCUT2D eigenvalue weighted by molar-refractivity contribution is 0.258. The van der Waals surface area contributed by atoms with E-state index in [1.807, 2.05) is 0 Å². The molecule has 0 unspecified atom stereocenters. The van der Waals surface area contributed by atoms with Gasteiger partial charge in [0, 0.05) is 24.8 Å².